The summed E-state index contributed by atoms with van der Waals surface area (Å²) >= 11 is 0. The van der Waals surface area contributed by atoms with Crippen LogP contribution in [0, 0.1) is 13.8 Å². The molecule has 1 aromatic heterocycles. The lowest BCUT2D eigenvalue weighted by molar-refractivity contribution is -0.116. The lowest BCUT2D eigenvalue weighted by Gasteiger charge is -2.08. The number of amides is 1. The first-order valence-corrected chi connectivity index (χ1v) is 8.67. The summed E-state index contributed by atoms with van der Waals surface area (Å²) < 4.78 is 0. The summed E-state index contributed by atoms with van der Waals surface area (Å²) in [7, 11) is 0. The second kappa shape index (κ2) is 7.83. The molecule has 0 bridgehead atoms. The molecule has 0 spiro atoms. The molecule has 0 aliphatic carbocycles. The predicted octanol–water partition coefficient (Wildman–Crippen LogP) is 3.52. The summed E-state index contributed by atoms with van der Waals surface area (Å²) in [5.41, 5.74) is 4.67. The highest BCUT2D eigenvalue weighted by Gasteiger charge is 2.06. The van der Waals surface area contributed by atoms with Crippen molar-refractivity contribution in [2.75, 3.05) is 6.54 Å². The number of rotatable bonds is 5. The molecule has 0 aliphatic heterocycles. The molecule has 0 unspecified atom stereocenters. The Morgan fingerprint density at radius 1 is 1.12 bits per heavy atom. The van der Waals surface area contributed by atoms with Crippen molar-refractivity contribution in [3.63, 3.8) is 0 Å². The van der Waals surface area contributed by atoms with Gasteiger partial charge in [0, 0.05) is 18.2 Å². The van der Waals surface area contributed by atoms with Gasteiger partial charge in [0.15, 0.2) is 0 Å². The van der Waals surface area contributed by atoms with Crippen LogP contribution in [0.5, 0.6) is 0 Å². The van der Waals surface area contributed by atoms with Crippen LogP contribution in [0.2, 0.25) is 0 Å². The fourth-order valence-corrected chi connectivity index (χ4v) is 2.87. The van der Waals surface area contributed by atoms with Gasteiger partial charge in [-0.1, -0.05) is 42.5 Å². The van der Waals surface area contributed by atoms with E-state index in [1.165, 1.54) is 6.08 Å². The predicted molar refractivity (Wildman–Crippen MR) is 106 cm³/mol. The first-order valence-electron chi connectivity index (χ1n) is 8.67. The molecule has 0 fully saturated rings. The van der Waals surface area contributed by atoms with Crippen LogP contribution in [0.25, 0.3) is 17.0 Å². The molecule has 4 heteroatoms. The molecule has 2 aromatic carbocycles. The van der Waals surface area contributed by atoms with Crippen LogP contribution in [0.3, 0.4) is 0 Å². The van der Waals surface area contributed by atoms with E-state index in [9.17, 15) is 9.59 Å². The summed E-state index contributed by atoms with van der Waals surface area (Å²) in [6.07, 6.45) is 3.76. The van der Waals surface area contributed by atoms with E-state index in [0.717, 1.165) is 27.6 Å². The van der Waals surface area contributed by atoms with Gasteiger partial charge in [0.25, 0.3) is 5.56 Å². The maximum atomic E-state index is 12.3. The van der Waals surface area contributed by atoms with Gasteiger partial charge < -0.3 is 10.3 Å². The van der Waals surface area contributed by atoms with Gasteiger partial charge in [0.05, 0.1) is 5.52 Å². The van der Waals surface area contributed by atoms with E-state index in [1.807, 2.05) is 56.3 Å². The SMILES string of the molecule is Cc1ccc2cc(CCNC(=O)/C=C/c3ccccc3)c(=O)[nH]c2c1C. The second-order valence-electron chi connectivity index (χ2n) is 6.38. The zero-order valence-corrected chi connectivity index (χ0v) is 15.0. The highest BCUT2D eigenvalue weighted by molar-refractivity contribution is 5.91. The number of aromatic nitrogens is 1. The van der Waals surface area contributed by atoms with Crippen molar-refractivity contribution >= 4 is 22.9 Å². The van der Waals surface area contributed by atoms with Crippen molar-refractivity contribution in [1.29, 1.82) is 0 Å². The van der Waals surface area contributed by atoms with E-state index in [1.54, 1.807) is 6.08 Å². The molecule has 1 amide bonds. The Bertz CT molecular complexity index is 1020. The summed E-state index contributed by atoms with van der Waals surface area (Å²) in [6, 6.07) is 15.6. The molecule has 0 aliphatic rings. The van der Waals surface area contributed by atoms with Gasteiger partial charge in [-0.3, -0.25) is 9.59 Å². The fraction of sp³-hybridized carbons (Fsp3) is 0.182. The van der Waals surface area contributed by atoms with Crippen LogP contribution in [-0.2, 0) is 11.2 Å². The quantitative estimate of drug-likeness (QED) is 0.695. The van der Waals surface area contributed by atoms with Crippen molar-refractivity contribution in [2.45, 2.75) is 20.3 Å². The van der Waals surface area contributed by atoms with E-state index in [2.05, 4.69) is 16.4 Å². The topological polar surface area (TPSA) is 62.0 Å². The Kier molecular flexibility index (Phi) is 5.32. The molecule has 4 nitrogen and oxygen atoms in total. The van der Waals surface area contributed by atoms with E-state index in [0.29, 0.717) is 18.5 Å². The highest BCUT2D eigenvalue weighted by atomic mass is 16.1. The third kappa shape index (κ3) is 4.09. The van der Waals surface area contributed by atoms with Crippen LogP contribution < -0.4 is 10.9 Å². The Labute approximate surface area is 152 Å². The zero-order valence-electron chi connectivity index (χ0n) is 15.0. The van der Waals surface area contributed by atoms with Crippen LogP contribution in [-0.4, -0.2) is 17.4 Å². The van der Waals surface area contributed by atoms with Crippen molar-refractivity contribution in [3.8, 4) is 0 Å². The fourth-order valence-electron chi connectivity index (χ4n) is 2.87. The van der Waals surface area contributed by atoms with Gasteiger partial charge in [-0.15, -0.1) is 0 Å². The Morgan fingerprint density at radius 2 is 1.88 bits per heavy atom. The lowest BCUT2D eigenvalue weighted by atomic mass is 10.0. The van der Waals surface area contributed by atoms with Gasteiger partial charge in [-0.05, 0) is 54.5 Å². The van der Waals surface area contributed by atoms with E-state index in [-0.39, 0.29) is 11.5 Å². The molecule has 0 radical (unpaired) electrons. The largest absolute Gasteiger partial charge is 0.352 e. The van der Waals surface area contributed by atoms with Crippen LogP contribution in [0.4, 0.5) is 0 Å². The second-order valence-corrected chi connectivity index (χ2v) is 6.38. The summed E-state index contributed by atoms with van der Waals surface area (Å²) in [6.45, 7) is 4.45. The molecule has 132 valence electrons. The molecule has 2 N–H and O–H groups in total. The van der Waals surface area contributed by atoms with E-state index >= 15 is 0 Å². The normalized spacial score (nSPS) is 11.2. The maximum Gasteiger partial charge on any atom is 0.251 e. The van der Waals surface area contributed by atoms with Gasteiger partial charge in [-0.2, -0.15) is 0 Å². The molecule has 0 saturated carbocycles. The third-order valence-corrected chi connectivity index (χ3v) is 4.55. The number of carbonyl (C=O) groups excluding carboxylic acids is 1. The number of aryl methyl sites for hydroxylation is 2. The number of aromatic amines is 1. The van der Waals surface area contributed by atoms with Crippen LogP contribution in [0.1, 0.15) is 22.3 Å². The standard InChI is InChI=1S/C22H22N2O2/c1-15-8-10-18-14-19(22(26)24-21(18)16(15)2)12-13-23-20(25)11-9-17-6-4-3-5-7-17/h3-11,14H,12-13H2,1-2H3,(H,23,25)(H,24,26)/b11-9+. The number of hydrogen-bond donors (Lipinski definition) is 2. The third-order valence-electron chi connectivity index (χ3n) is 4.55. The number of H-pyrrole nitrogens is 1. The lowest BCUT2D eigenvalue weighted by Crippen LogP contribution is -2.25. The number of carbonyl (C=O) groups is 1. The van der Waals surface area contributed by atoms with Crippen LogP contribution in [0.15, 0.2) is 59.4 Å². The molecular weight excluding hydrogens is 324 g/mol. The van der Waals surface area contributed by atoms with Crippen molar-refractivity contribution < 1.29 is 4.79 Å². The number of pyridine rings is 1. The number of fused-ring (bicyclic) bond motifs is 1. The molecule has 3 aromatic rings. The molecule has 0 saturated heterocycles. The minimum atomic E-state index is -0.169. The smallest absolute Gasteiger partial charge is 0.251 e. The molecule has 1 heterocycles. The Morgan fingerprint density at radius 3 is 2.65 bits per heavy atom. The average Bonchev–Trinajstić information content (AvgIpc) is 2.65. The number of hydrogen-bond acceptors (Lipinski definition) is 2. The zero-order chi connectivity index (χ0) is 18.5. The maximum absolute atomic E-state index is 12.3. The highest BCUT2D eigenvalue weighted by Crippen LogP contribution is 2.18. The summed E-state index contributed by atoms with van der Waals surface area (Å²) in [4.78, 5) is 27.2. The molecular formula is C22H22N2O2. The van der Waals surface area contributed by atoms with Gasteiger partial charge in [0.2, 0.25) is 5.91 Å². The molecule has 26 heavy (non-hydrogen) atoms. The Hall–Kier alpha value is -3.14. The Balaban J connectivity index is 1.64. The van der Waals surface area contributed by atoms with Gasteiger partial charge >= 0.3 is 0 Å². The van der Waals surface area contributed by atoms with E-state index < -0.39 is 0 Å². The average molecular weight is 346 g/mol. The van der Waals surface area contributed by atoms with Crippen molar-refractivity contribution in [3.05, 3.63) is 87.2 Å². The first kappa shape index (κ1) is 17.7. The summed E-state index contributed by atoms with van der Waals surface area (Å²) in [5.74, 6) is -0.169. The molecule has 3 rings (SSSR count). The van der Waals surface area contributed by atoms with Crippen LogP contribution >= 0.6 is 0 Å². The van der Waals surface area contributed by atoms with Crippen molar-refractivity contribution in [1.82, 2.24) is 10.3 Å². The van der Waals surface area contributed by atoms with Gasteiger partial charge in [0.1, 0.15) is 0 Å². The first-order chi connectivity index (χ1) is 12.5. The number of benzene rings is 2. The minimum absolute atomic E-state index is 0.0970. The summed E-state index contributed by atoms with van der Waals surface area (Å²) in [5, 5.41) is 3.83. The molecule has 0 atom stereocenters. The minimum Gasteiger partial charge on any atom is -0.352 e. The van der Waals surface area contributed by atoms with Gasteiger partial charge in [-0.25, -0.2) is 0 Å². The monoisotopic (exact) mass is 346 g/mol. The van der Waals surface area contributed by atoms with Crippen molar-refractivity contribution in [2.24, 2.45) is 0 Å². The number of nitrogens with one attached hydrogen (secondary N) is 2. The van der Waals surface area contributed by atoms with E-state index in [4.69, 9.17) is 0 Å².